The second-order valence-corrected chi connectivity index (χ2v) is 30.2. The van der Waals surface area contributed by atoms with Gasteiger partial charge in [-0.15, -0.1) is 5.06 Å². The van der Waals surface area contributed by atoms with Crippen LogP contribution in [-0.4, -0.2) is 259 Å². The molecule has 35 heteroatoms. The van der Waals surface area contributed by atoms with Crippen LogP contribution in [0.3, 0.4) is 0 Å². The second kappa shape index (κ2) is 42.4. The first-order chi connectivity index (χ1) is 48.9. The lowest BCUT2D eigenvalue weighted by molar-refractivity contribution is -0.208. The van der Waals surface area contributed by atoms with Gasteiger partial charge in [-0.3, -0.25) is 24.0 Å². The number of ketones is 3. The number of aliphatic hydroxyl groups excluding tert-OH is 4. The summed E-state index contributed by atoms with van der Waals surface area (Å²) < 4.78 is 88.9. The van der Waals surface area contributed by atoms with E-state index in [1.54, 1.807) is 48.5 Å². The fourth-order valence-electron chi connectivity index (χ4n) is 11.1. The van der Waals surface area contributed by atoms with Crippen molar-refractivity contribution in [3.8, 4) is 0 Å². The van der Waals surface area contributed by atoms with Crippen molar-refractivity contribution in [1.82, 2.24) is 14.9 Å². The highest BCUT2D eigenvalue weighted by Gasteiger charge is 2.43. The summed E-state index contributed by atoms with van der Waals surface area (Å²) in [6.07, 6.45) is -10.5. The zero-order valence-electron chi connectivity index (χ0n) is 56.7. The summed E-state index contributed by atoms with van der Waals surface area (Å²) in [7, 11) is -2.94. The molecule has 0 spiro atoms. The van der Waals surface area contributed by atoms with Crippen LogP contribution < -0.4 is 5.73 Å². The minimum absolute atomic E-state index is 0.0147. The molecule has 2 unspecified atom stereocenters. The number of carbonyl (C=O) groups excluding carboxylic acids is 7. The average molecular weight is 1570 g/mol. The number of hydrogen-bond donors (Lipinski definition) is 6. The molecule has 3 aliphatic heterocycles. The summed E-state index contributed by atoms with van der Waals surface area (Å²) in [5.74, 6) is -8.75. The third-order valence-electron chi connectivity index (χ3n) is 16.4. The molecule has 103 heavy (non-hydrogen) atoms. The minimum Gasteiger partial charge on any atom is -0.479 e. The van der Waals surface area contributed by atoms with E-state index in [4.69, 9.17) is 85.7 Å². The number of rotatable bonds is 38. The van der Waals surface area contributed by atoms with Gasteiger partial charge in [-0.2, -0.15) is 0 Å². The Labute approximate surface area is 616 Å². The van der Waals surface area contributed by atoms with Gasteiger partial charge < -0.3 is 79.1 Å². The molecule has 4 aliphatic rings. The average Bonchev–Trinajstić information content (AvgIpc) is 1.48. The number of nitrogens with zero attached hydrogens (tertiary/aromatic N) is 3. The lowest BCUT2D eigenvalue weighted by Crippen LogP contribution is -2.46. The molecule has 7 N–H and O–H groups in total. The lowest BCUT2D eigenvalue weighted by Gasteiger charge is -2.33. The molecule has 29 nitrogen and oxygen atoms in total. The molecule has 2 amide bonds. The standard InChI is InChI=1S/C30H39Cl2NO10S.C25H34Cl2N2O5S.C13H13NO10/c1-33-18-24(23-16-21(31)17-26(32)25(23)19-33)20-5-2-6-22(15-20)44(39,40)14-4-9-42-11-13-43-12-10-41-8-3-7-27(34)28(35)29(36)30(37)38;1-29-17-23(22-15-20(26)16-25(27)24(22)18-29)19-4-2-5-21(14-19)35(30,31)13-3-7-32-9-11-34-12-10-33-8-6-28;15-5-1-2-6(16)11(5)23-12(21)9(19)10(20)13(22)24-14-7(17)3-4-8(14)18/h2,5-6,15-17,24,28-29,35-36H,3-4,7-14,18-19H2,1H3,(H,37,38);2,4-5,14-16,23H,3,6-13,17-18,28H2,1H3;9-11,19-20H,1-4H2/t24?,28-,29+;;9-,10-/m0.1/s1. The normalized spacial score (nSPS) is 17.7. The molecule has 2 fully saturated rings. The number of likely N-dealkylation sites (N-methyl/N-ethyl adjacent to an activating group) is 2. The van der Waals surface area contributed by atoms with E-state index in [0.29, 0.717) is 104 Å². The number of halogens is 4. The van der Waals surface area contributed by atoms with E-state index in [2.05, 4.69) is 19.4 Å². The minimum atomic E-state index is -3.53. The van der Waals surface area contributed by atoms with Crippen molar-refractivity contribution < 1.29 is 119 Å². The van der Waals surface area contributed by atoms with Gasteiger partial charge in [0.05, 0.1) is 80.8 Å². The van der Waals surface area contributed by atoms with E-state index in [0.717, 1.165) is 46.5 Å². The number of Topliss-reactive ketones (excluding diaryl/α,β-unsaturated/α-hetero) is 3. The number of sulfone groups is 2. The quantitative estimate of drug-likeness (QED) is 0.0161. The van der Waals surface area contributed by atoms with Crippen LogP contribution in [0.15, 0.2) is 82.6 Å². The third-order valence-corrected chi connectivity index (χ3v) is 21.1. The first-order valence-electron chi connectivity index (χ1n) is 32.9. The molecule has 568 valence electrons. The zero-order chi connectivity index (χ0) is 75.6. The molecular weight excluding hydrogens is 1480 g/mol. The molecule has 4 aromatic carbocycles. The lowest BCUT2D eigenvalue weighted by atomic mass is 9.85. The van der Waals surface area contributed by atoms with Crippen molar-refractivity contribution in [3.05, 3.63) is 126 Å². The van der Waals surface area contributed by atoms with Crippen LogP contribution in [0.2, 0.25) is 20.1 Å². The highest BCUT2D eigenvalue weighted by molar-refractivity contribution is 7.91. The van der Waals surface area contributed by atoms with Crippen molar-refractivity contribution in [2.75, 3.05) is 125 Å². The molecule has 1 saturated heterocycles. The number of ether oxygens (including phenoxy) is 7. The number of carboxylic acids is 1. The monoisotopic (exact) mass is 1560 g/mol. The number of esters is 1. The van der Waals surface area contributed by atoms with Crippen LogP contribution in [0.5, 0.6) is 0 Å². The van der Waals surface area contributed by atoms with Crippen molar-refractivity contribution in [2.24, 2.45) is 5.73 Å². The Hall–Kier alpha value is -6.02. The second-order valence-electron chi connectivity index (χ2n) is 24.3. The molecule has 1 aliphatic carbocycles. The molecular formula is C68H86Cl4N4O25S2. The molecule has 0 bridgehead atoms. The summed E-state index contributed by atoms with van der Waals surface area (Å²) in [5.41, 5.74) is 11.3. The van der Waals surface area contributed by atoms with E-state index in [1.807, 2.05) is 38.4 Å². The van der Waals surface area contributed by atoms with E-state index in [1.165, 1.54) is 0 Å². The van der Waals surface area contributed by atoms with Crippen LogP contribution in [-0.2, 0) is 109 Å². The maximum Gasteiger partial charge on any atom is 0.364 e. The Morgan fingerprint density at radius 1 is 0.524 bits per heavy atom. The first-order valence-corrected chi connectivity index (χ1v) is 37.7. The van der Waals surface area contributed by atoms with Crippen molar-refractivity contribution in [1.29, 1.82) is 0 Å². The van der Waals surface area contributed by atoms with Crippen LogP contribution >= 0.6 is 46.4 Å². The Balaban J connectivity index is 0.000000253. The Morgan fingerprint density at radius 3 is 1.34 bits per heavy atom. The summed E-state index contributed by atoms with van der Waals surface area (Å²) in [4.78, 5) is 99.8. The fourth-order valence-corrected chi connectivity index (χ4v) is 14.9. The number of hydroxylamine groups is 2. The SMILES string of the molecule is CN1Cc2c(Cl)cc(Cl)cc2C(c2cccc(S(=O)(=O)CCCOCCOCCOCCCC(=O)[C@H](O)[C@@H](O)C(=O)O)c2)C1.CN1Cc2c(Cl)cc(Cl)cc2C(c2cccc(S(=O)(=O)CCCOCCOCCOCCN)c2)C1.O=C1CCC(=O)C1OC(=O)[C@H](O)[C@@H](O)C(=O)ON1C(=O)CCC1=O. The first kappa shape index (κ1) is 85.9. The molecule has 6 atom stereocenters. The number of fused-ring (bicyclic) bond motifs is 2. The fraction of sp³-hybridized carbons (Fsp3) is 0.529. The van der Waals surface area contributed by atoms with Gasteiger partial charge in [-0.25, -0.2) is 31.2 Å². The number of benzene rings is 4. The van der Waals surface area contributed by atoms with Crippen molar-refractivity contribution in [3.63, 3.8) is 0 Å². The summed E-state index contributed by atoms with van der Waals surface area (Å²) in [6, 6.07) is 21.6. The number of aliphatic carboxylic acids is 1. The summed E-state index contributed by atoms with van der Waals surface area (Å²) in [6.45, 7) is 7.65. The molecule has 0 aromatic heterocycles. The number of hydrogen-bond acceptors (Lipinski definition) is 27. The van der Waals surface area contributed by atoms with Gasteiger partial charge in [-0.1, -0.05) is 70.7 Å². The number of nitrogens with two attached hydrogens (primary N) is 1. The maximum atomic E-state index is 13.1. The Bertz CT molecular complexity index is 3730. The van der Waals surface area contributed by atoms with Gasteiger partial charge >= 0.3 is 17.9 Å². The van der Waals surface area contributed by atoms with Crippen LogP contribution in [0.25, 0.3) is 0 Å². The molecule has 1 saturated carbocycles. The largest absolute Gasteiger partial charge is 0.479 e. The van der Waals surface area contributed by atoms with Crippen LogP contribution in [0, 0.1) is 0 Å². The van der Waals surface area contributed by atoms with E-state index in [9.17, 15) is 75.6 Å². The van der Waals surface area contributed by atoms with Gasteiger partial charge in [0.15, 0.2) is 55.3 Å². The number of imide groups is 1. The molecule has 4 aromatic rings. The topological polar surface area (TPSA) is 416 Å². The van der Waals surface area contributed by atoms with Gasteiger partial charge in [0.2, 0.25) is 6.10 Å². The van der Waals surface area contributed by atoms with Crippen LogP contribution in [0.4, 0.5) is 0 Å². The van der Waals surface area contributed by atoms with Crippen LogP contribution in [0.1, 0.15) is 96.6 Å². The van der Waals surface area contributed by atoms with Gasteiger partial charge in [0.25, 0.3) is 11.8 Å². The smallest absolute Gasteiger partial charge is 0.364 e. The van der Waals surface area contributed by atoms with E-state index in [-0.39, 0.29) is 105 Å². The third kappa shape index (κ3) is 26.5. The van der Waals surface area contributed by atoms with Gasteiger partial charge in [-0.05, 0) is 115 Å². The maximum absolute atomic E-state index is 13.1. The molecule has 3 heterocycles. The highest BCUT2D eigenvalue weighted by atomic mass is 35.5. The van der Waals surface area contributed by atoms with Crippen molar-refractivity contribution >= 4 is 113 Å². The molecule has 8 rings (SSSR count). The predicted octanol–water partition coefficient (Wildman–Crippen LogP) is 3.84. The van der Waals surface area contributed by atoms with Crippen molar-refractivity contribution in [2.45, 2.75) is 117 Å². The summed E-state index contributed by atoms with van der Waals surface area (Å²) in [5, 5.41) is 48.8. The Kier molecular flexibility index (Phi) is 35.3. The van der Waals surface area contributed by atoms with E-state index >= 15 is 0 Å². The number of aliphatic hydroxyl groups is 4. The predicted molar refractivity (Wildman–Crippen MR) is 372 cm³/mol. The highest BCUT2D eigenvalue weighted by Crippen LogP contribution is 2.41. The number of amides is 2. The number of carbonyl (C=O) groups is 8. The Morgan fingerprint density at radius 2 is 0.922 bits per heavy atom. The summed E-state index contributed by atoms with van der Waals surface area (Å²) >= 11 is 25.5. The number of carboxylic acid groups (broad SMARTS) is 1. The zero-order valence-corrected chi connectivity index (χ0v) is 61.4. The van der Waals surface area contributed by atoms with E-state index < -0.39 is 97.3 Å². The van der Waals surface area contributed by atoms with Gasteiger partial charge in [0.1, 0.15) is 6.10 Å². The van der Waals surface area contributed by atoms with Gasteiger partial charge in [0, 0.05) is 117 Å². The molecule has 0 radical (unpaired) electrons.